The largest absolute Gasteiger partial charge is 0.200 e. The van der Waals surface area contributed by atoms with E-state index in [1.54, 1.807) is 4.68 Å². The van der Waals surface area contributed by atoms with Gasteiger partial charge in [0, 0.05) is 0 Å². The van der Waals surface area contributed by atoms with Crippen LogP contribution < -0.4 is 0 Å². The summed E-state index contributed by atoms with van der Waals surface area (Å²) in [5.74, 6) is 0. The molecular weight excluding hydrogens is 198 g/mol. The van der Waals surface area contributed by atoms with Crippen LogP contribution in [0.15, 0.2) is 35.6 Å². The number of aromatic nitrogens is 4. The Bertz CT molecular complexity index is 472. The Hall–Kier alpha value is -1.91. The molecule has 1 heterocycles. The molecule has 0 saturated carbocycles. The van der Waals surface area contributed by atoms with Gasteiger partial charge in [-0.1, -0.05) is 6.07 Å². The third-order valence-electron chi connectivity index (χ3n) is 1.62. The number of aliphatic imine (C=N–C) groups is 1. The van der Waals surface area contributed by atoms with Crippen LogP contribution in [0.2, 0.25) is 0 Å². The molecule has 1 aromatic carbocycles. The van der Waals surface area contributed by atoms with Crippen molar-refractivity contribution >= 4 is 23.1 Å². The summed E-state index contributed by atoms with van der Waals surface area (Å²) >= 11 is 4.51. The summed E-state index contributed by atoms with van der Waals surface area (Å²) in [6.07, 6.45) is 1.51. The van der Waals surface area contributed by atoms with Crippen molar-refractivity contribution in [2.45, 2.75) is 0 Å². The summed E-state index contributed by atoms with van der Waals surface area (Å²) in [5, 5.41) is 13.1. The summed E-state index contributed by atoms with van der Waals surface area (Å²) in [4.78, 5) is 3.86. The van der Waals surface area contributed by atoms with E-state index in [4.69, 9.17) is 0 Å². The second kappa shape index (κ2) is 3.87. The third kappa shape index (κ3) is 1.71. The van der Waals surface area contributed by atoms with E-state index in [0.29, 0.717) is 0 Å². The molecule has 0 spiro atoms. The first-order valence-corrected chi connectivity index (χ1v) is 4.22. The molecule has 0 aliphatic rings. The van der Waals surface area contributed by atoms with Gasteiger partial charge in [0.1, 0.15) is 6.33 Å². The van der Waals surface area contributed by atoms with Gasteiger partial charge in [0.25, 0.3) is 0 Å². The van der Waals surface area contributed by atoms with Crippen molar-refractivity contribution in [3.05, 3.63) is 30.6 Å². The lowest BCUT2D eigenvalue weighted by molar-refractivity contribution is 0.789. The van der Waals surface area contributed by atoms with Crippen LogP contribution in [0.5, 0.6) is 0 Å². The number of benzene rings is 1. The number of nitrogens with zero attached hydrogens (tertiary/aromatic N) is 5. The van der Waals surface area contributed by atoms with Crippen molar-refractivity contribution in [3.8, 4) is 5.69 Å². The molecule has 0 aliphatic heterocycles. The molecule has 0 N–H and O–H groups in total. The topological polar surface area (TPSA) is 56.0 Å². The van der Waals surface area contributed by atoms with E-state index < -0.39 is 0 Å². The minimum atomic E-state index is 0.730. The van der Waals surface area contributed by atoms with E-state index in [9.17, 15) is 0 Å². The van der Waals surface area contributed by atoms with Gasteiger partial charge in [-0.15, -0.1) is 5.10 Å². The second-order valence-electron chi connectivity index (χ2n) is 2.48. The Labute approximate surface area is 85.1 Å². The monoisotopic (exact) mass is 203 g/mol. The van der Waals surface area contributed by atoms with Crippen molar-refractivity contribution in [1.29, 1.82) is 0 Å². The average molecular weight is 203 g/mol. The fraction of sp³-hybridized carbons (Fsp3) is 0. The fourth-order valence-corrected chi connectivity index (χ4v) is 1.14. The first-order valence-electron chi connectivity index (χ1n) is 3.81. The number of tetrazole rings is 1. The predicted molar refractivity (Wildman–Crippen MR) is 53.8 cm³/mol. The average Bonchev–Trinajstić information content (AvgIpc) is 2.71. The molecule has 0 amide bonds. The van der Waals surface area contributed by atoms with Crippen molar-refractivity contribution in [1.82, 2.24) is 20.2 Å². The van der Waals surface area contributed by atoms with Crippen LogP contribution in [-0.4, -0.2) is 25.4 Å². The molecule has 0 saturated heterocycles. The summed E-state index contributed by atoms with van der Waals surface area (Å²) in [5.41, 5.74) is 1.56. The van der Waals surface area contributed by atoms with Gasteiger partial charge in [-0.3, -0.25) is 0 Å². The highest BCUT2D eigenvalue weighted by Crippen LogP contribution is 2.15. The maximum absolute atomic E-state index is 4.51. The van der Waals surface area contributed by atoms with Gasteiger partial charge in [0.15, 0.2) is 0 Å². The SMILES string of the molecule is S=C=Nc1cccc(-n2cnnn2)c1. The maximum Gasteiger partial charge on any atom is 0.143 e. The smallest absolute Gasteiger partial charge is 0.143 e. The van der Waals surface area contributed by atoms with Crippen molar-refractivity contribution in [2.24, 2.45) is 4.99 Å². The standard InChI is InChI=1S/C8H5N5S/c14-6-9-7-2-1-3-8(4-7)13-5-10-11-12-13/h1-5H. The van der Waals surface area contributed by atoms with Crippen LogP contribution >= 0.6 is 12.2 Å². The number of thiocarbonyl (C=S) groups is 1. The Morgan fingerprint density at radius 3 is 3.07 bits per heavy atom. The zero-order chi connectivity index (χ0) is 9.80. The summed E-state index contributed by atoms with van der Waals surface area (Å²) in [6.45, 7) is 0. The molecular formula is C8H5N5S. The number of rotatable bonds is 2. The van der Waals surface area contributed by atoms with Gasteiger partial charge in [0.05, 0.1) is 16.5 Å². The lowest BCUT2D eigenvalue weighted by Crippen LogP contribution is -1.93. The number of hydrogen-bond donors (Lipinski definition) is 0. The van der Waals surface area contributed by atoms with Gasteiger partial charge in [0.2, 0.25) is 0 Å². The van der Waals surface area contributed by atoms with Crippen LogP contribution in [0.3, 0.4) is 0 Å². The first kappa shape index (κ1) is 8.68. The Balaban J connectivity index is 2.45. The predicted octanol–water partition coefficient (Wildman–Crippen LogP) is 1.40. The molecule has 2 rings (SSSR count). The molecule has 2 aromatic rings. The molecule has 0 unspecified atom stereocenters. The zero-order valence-electron chi connectivity index (χ0n) is 7.03. The maximum atomic E-state index is 4.51. The van der Waals surface area contributed by atoms with Crippen molar-refractivity contribution < 1.29 is 0 Å². The van der Waals surface area contributed by atoms with Crippen LogP contribution in [0.25, 0.3) is 5.69 Å². The van der Waals surface area contributed by atoms with Gasteiger partial charge >= 0.3 is 0 Å². The highest BCUT2D eigenvalue weighted by Gasteiger charge is 1.97. The van der Waals surface area contributed by atoms with Crippen molar-refractivity contribution in [3.63, 3.8) is 0 Å². The van der Waals surface area contributed by atoms with E-state index >= 15 is 0 Å². The highest BCUT2D eigenvalue weighted by atomic mass is 32.1. The van der Waals surface area contributed by atoms with E-state index in [-0.39, 0.29) is 0 Å². The third-order valence-corrected chi connectivity index (χ3v) is 1.71. The van der Waals surface area contributed by atoms with Gasteiger partial charge in [-0.25, -0.2) is 4.68 Å². The molecule has 5 nitrogen and oxygen atoms in total. The molecule has 68 valence electrons. The molecule has 0 atom stereocenters. The number of hydrogen-bond acceptors (Lipinski definition) is 5. The molecule has 14 heavy (non-hydrogen) atoms. The minimum absolute atomic E-state index is 0.730. The Kier molecular flexibility index (Phi) is 2.40. The lowest BCUT2D eigenvalue weighted by atomic mass is 10.3. The van der Waals surface area contributed by atoms with Crippen LogP contribution in [0.1, 0.15) is 0 Å². The van der Waals surface area contributed by atoms with Gasteiger partial charge in [-0.05, 0) is 40.8 Å². The minimum Gasteiger partial charge on any atom is -0.200 e. The molecule has 0 radical (unpaired) electrons. The van der Waals surface area contributed by atoms with Crippen LogP contribution in [0, 0.1) is 0 Å². The summed E-state index contributed by atoms with van der Waals surface area (Å²) in [6, 6.07) is 7.37. The van der Waals surface area contributed by atoms with Gasteiger partial charge in [-0.2, -0.15) is 4.99 Å². The summed E-state index contributed by atoms with van der Waals surface area (Å²) < 4.78 is 1.54. The first-order chi connectivity index (χ1) is 6.90. The quantitative estimate of drug-likeness (QED) is 0.546. The Morgan fingerprint density at radius 2 is 2.36 bits per heavy atom. The summed E-state index contributed by atoms with van der Waals surface area (Å²) in [7, 11) is 0. The molecule has 0 aliphatic carbocycles. The highest BCUT2D eigenvalue weighted by molar-refractivity contribution is 7.78. The van der Waals surface area contributed by atoms with E-state index in [0.717, 1.165) is 11.4 Å². The lowest BCUT2D eigenvalue weighted by Gasteiger charge is -1.98. The van der Waals surface area contributed by atoms with Crippen LogP contribution in [0.4, 0.5) is 5.69 Å². The molecule has 0 bridgehead atoms. The van der Waals surface area contributed by atoms with E-state index in [1.165, 1.54) is 6.33 Å². The zero-order valence-corrected chi connectivity index (χ0v) is 7.85. The molecule has 6 heteroatoms. The molecule has 1 aromatic heterocycles. The second-order valence-corrected chi connectivity index (χ2v) is 2.66. The van der Waals surface area contributed by atoms with E-state index in [2.05, 4.69) is 37.9 Å². The van der Waals surface area contributed by atoms with Gasteiger partial charge < -0.3 is 0 Å². The normalized spacial score (nSPS) is 9.43. The van der Waals surface area contributed by atoms with Crippen molar-refractivity contribution in [2.75, 3.05) is 0 Å². The number of isothiocyanates is 1. The van der Waals surface area contributed by atoms with E-state index in [1.807, 2.05) is 24.3 Å². The molecule has 0 fully saturated rings. The Morgan fingerprint density at radius 1 is 1.43 bits per heavy atom. The fourth-order valence-electron chi connectivity index (χ4n) is 1.04. The van der Waals surface area contributed by atoms with Crippen LogP contribution in [-0.2, 0) is 0 Å².